The predicted octanol–water partition coefficient (Wildman–Crippen LogP) is 1.45. The maximum Gasteiger partial charge on any atom is 0.153 e. The van der Waals surface area contributed by atoms with Crippen LogP contribution in [0.1, 0.15) is 34.1 Å². The fourth-order valence-electron chi connectivity index (χ4n) is 0.911. The Hall–Kier alpha value is -0.0900. The van der Waals surface area contributed by atoms with Crippen molar-refractivity contribution in [2.45, 2.75) is 38.9 Å². The van der Waals surface area contributed by atoms with Gasteiger partial charge in [0, 0.05) is 12.8 Å². The van der Waals surface area contributed by atoms with E-state index in [1.165, 1.54) is 6.26 Å². The topological polar surface area (TPSA) is 46.2 Å². The summed E-state index contributed by atoms with van der Waals surface area (Å²) in [6.45, 7) is 9.23. The van der Waals surface area contributed by atoms with Crippen molar-refractivity contribution in [3.05, 3.63) is 0 Å². The van der Waals surface area contributed by atoms with Crippen molar-refractivity contribution in [2.24, 2.45) is 5.92 Å². The van der Waals surface area contributed by atoms with E-state index < -0.39 is 14.6 Å². The highest BCUT2D eigenvalue weighted by atomic mass is 32.2. The van der Waals surface area contributed by atoms with Gasteiger partial charge in [0.25, 0.3) is 0 Å². The molecule has 0 aliphatic rings. The average molecular weight is 221 g/mol. The summed E-state index contributed by atoms with van der Waals surface area (Å²) in [6, 6.07) is 0. The molecule has 0 bridgehead atoms. The lowest BCUT2D eigenvalue weighted by atomic mass is 10.1. The van der Waals surface area contributed by atoms with Crippen LogP contribution >= 0.6 is 0 Å². The molecule has 0 radical (unpaired) electrons. The highest BCUT2D eigenvalue weighted by Gasteiger charge is 2.29. The first-order valence-electron chi connectivity index (χ1n) is 5.07. The Bertz CT molecular complexity index is 255. The molecule has 0 unspecified atom stereocenters. The van der Waals surface area contributed by atoms with E-state index >= 15 is 0 Å². The van der Waals surface area contributed by atoms with Crippen LogP contribution in [0, 0.1) is 5.92 Å². The lowest BCUT2D eigenvalue weighted by Crippen LogP contribution is -2.42. The van der Waals surface area contributed by atoms with Crippen molar-refractivity contribution in [1.82, 2.24) is 5.32 Å². The van der Waals surface area contributed by atoms with Crippen LogP contribution in [-0.4, -0.2) is 32.5 Å². The third kappa shape index (κ3) is 4.96. The van der Waals surface area contributed by atoms with Crippen LogP contribution in [0.25, 0.3) is 0 Å². The summed E-state index contributed by atoms with van der Waals surface area (Å²) < 4.78 is 22.0. The van der Waals surface area contributed by atoms with Gasteiger partial charge in [0.2, 0.25) is 0 Å². The van der Waals surface area contributed by atoms with Crippen molar-refractivity contribution in [3.63, 3.8) is 0 Å². The zero-order chi connectivity index (χ0) is 11.4. The maximum atomic E-state index is 11.3. The number of sulfone groups is 1. The first-order chi connectivity index (χ1) is 6.17. The first-order valence-corrected chi connectivity index (χ1v) is 6.96. The molecule has 0 aliphatic carbocycles. The second-order valence-electron chi connectivity index (χ2n) is 4.89. The van der Waals surface area contributed by atoms with E-state index in [1.54, 1.807) is 13.8 Å². The van der Waals surface area contributed by atoms with Gasteiger partial charge in [-0.25, -0.2) is 8.42 Å². The van der Waals surface area contributed by atoms with Crippen LogP contribution in [0.15, 0.2) is 0 Å². The Kier molecular flexibility index (Phi) is 5.09. The summed E-state index contributed by atoms with van der Waals surface area (Å²) in [5, 5.41) is 3.18. The zero-order valence-electron chi connectivity index (χ0n) is 9.92. The molecule has 0 saturated heterocycles. The average Bonchev–Trinajstić information content (AvgIpc) is 1.95. The van der Waals surface area contributed by atoms with Crippen molar-refractivity contribution in [2.75, 3.05) is 19.3 Å². The van der Waals surface area contributed by atoms with E-state index in [9.17, 15) is 8.42 Å². The molecular formula is C10H23NO2S. The fraction of sp³-hybridized carbons (Fsp3) is 1.00. The smallest absolute Gasteiger partial charge is 0.153 e. The molecule has 1 N–H and O–H groups in total. The van der Waals surface area contributed by atoms with E-state index in [0.29, 0.717) is 12.5 Å². The van der Waals surface area contributed by atoms with Gasteiger partial charge in [-0.3, -0.25) is 0 Å². The minimum Gasteiger partial charge on any atom is -0.315 e. The molecule has 0 rings (SSSR count). The molecule has 14 heavy (non-hydrogen) atoms. The van der Waals surface area contributed by atoms with E-state index in [2.05, 4.69) is 19.2 Å². The summed E-state index contributed by atoms with van der Waals surface area (Å²) in [5.41, 5.74) is 0. The lowest BCUT2D eigenvalue weighted by Gasteiger charge is -2.23. The molecule has 0 saturated carbocycles. The normalized spacial score (nSPS) is 13.6. The molecule has 0 fully saturated rings. The predicted molar refractivity (Wildman–Crippen MR) is 61.2 cm³/mol. The third-order valence-corrected chi connectivity index (χ3v) is 4.60. The van der Waals surface area contributed by atoms with Gasteiger partial charge in [0.05, 0.1) is 4.75 Å². The summed E-state index contributed by atoms with van der Waals surface area (Å²) in [5.74, 6) is 0.656. The van der Waals surface area contributed by atoms with Gasteiger partial charge in [-0.1, -0.05) is 13.8 Å². The fourth-order valence-corrected chi connectivity index (χ4v) is 1.28. The van der Waals surface area contributed by atoms with Crippen LogP contribution in [0.5, 0.6) is 0 Å². The van der Waals surface area contributed by atoms with Gasteiger partial charge in [-0.05, 0) is 32.7 Å². The number of nitrogens with one attached hydrogen (secondary N) is 1. The van der Waals surface area contributed by atoms with Gasteiger partial charge >= 0.3 is 0 Å². The monoisotopic (exact) mass is 221 g/mol. The molecule has 4 heteroatoms. The van der Waals surface area contributed by atoms with Crippen LogP contribution < -0.4 is 5.32 Å². The Morgan fingerprint density at radius 3 is 2.14 bits per heavy atom. The van der Waals surface area contributed by atoms with Gasteiger partial charge in [0.15, 0.2) is 9.84 Å². The summed E-state index contributed by atoms with van der Waals surface area (Å²) in [7, 11) is -2.97. The van der Waals surface area contributed by atoms with E-state index in [0.717, 1.165) is 13.0 Å². The van der Waals surface area contributed by atoms with Gasteiger partial charge < -0.3 is 5.32 Å². The third-order valence-electron chi connectivity index (χ3n) is 2.45. The molecular weight excluding hydrogens is 198 g/mol. The Morgan fingerprint density at radius 2 is 1.79 bits per heavy atom. The summed E-state index contributed by atoms with van der Waals surface area (Å²) in [6.07, 6.45) is 2.37. The summed E-state index contributed by atoms with van der Waals surface area (Å²) >= 11 is 0. The van der Waals surface area contributed by atoms with Crippen molar-refractivity contribution in [3.8, 4) is 0 Å². The SMILES string of the molecule is CC(C)CCNCC(C)(C)S(C)(=O)=O. The lowest BCUT2D eigenvalue weighted by molar-refractivity contribution is 0.492. The minimum atomic E-state index is -2.97. The summed E-state index contributed by atoms with van der Waals surface area (Å²) in [4.78, 5) is 0. The molecule has 0 aromatic heterocycles. The molecule has 3 nitrogen and oxygen atoms in total. The molecule has 0 amide bonds. The second kappa shape index (κ2) is 5.12. The number of rotatable bonds is 6. The molecule has 0 atom stereocenters. The Labute approximate surface area is 88.2 Å². The van der Waals surface area contributed by atoms with Crippen molar-refractivity contribution >= 4 is 9.84 Å². The van der Waals surface area contributed by atoms with E-state index in [4.69, 9.17) is 0 Å². The van der Waals surface area contributed by atoms with Crippen LogP contribution in [0.2, 0.25) is 0 Å². The quantitative estimate of drug-likeness (QED) is 0.690. The number of hydrogen-bond donors (Lipinski definition) is 1. The van der Waals surface area contributed by atoms with Crippen LogP contribution in [-0.2, 0) is 9.84 Å². The van der Waals surface area contributed by atoms with Gasteiger partial charge in [-0.2, -0.15) is 0 Å². The zero-order valence-corrected chi connectivity index (χ0v) is 10.7. The molecule has 0 aliphatic heterocycles. The van der Waals surface area contributed by atoms with Crippen LogP contribution in [0.4, 0.5) is 0 Å². The maximum absolute atomic E-state index is 11.3. The molecule has 0 aromatic carbocycles. The Balaban J connectivity index is 3.90. The highest BCUT2D eigenvalue weighted by molar-refractivity contribution is 7.92. The molecule has 0 spiro atoms. The largest absolute Gasteiger partial charge is 0.315 e. The first kappa shape index (κ1) is 13.9. The molecule has 0 heterocycles. The molecule has 0 aromatic rings. The van der Waals surface area contributed by atoms with E-state index in [1.807, 2.05) is 0 Å². The Morgan fingerprint density at radius 1 is 1.29 bits per heavy atom. The second-order valence-corrected chi connectivity index (χ2v) is 7.54. The van der Waals surface area contributed by atoms with Crippen LogP contribution in [0.3, 0.4) is 0 Å². The van der Waals surface area contributed by atoms with Crippen molar-refractivity contribution in [1.29, 1.82) is 0 Å². The van der Waals surface area contributed by atoms with E-state index in [-0.39, 0.29) is 0 Å². The van der Waals surface area contributed by atoms with Crippen molar-refractivity contribution < 1.29 is 8.42 Å². The standard InChI is InChI=1S/C10H23NO2S/c1-9(2)6-7-11-8-10(3,4)14(5,12)13/h9,11H,6-8H2,1-5H3. The minimum absolute atomic E-state index is 0.526. The molecule has 86 valence electrons. The number of hydrogen-bond acceptors (Lipinski definition) is 3. The van der Waals surface area contributed by atoms with Gasteiger partial charge in [0.1, 0.15) is 0 Å². The van der Waals surface area contributed by atoms with Gasteiger partial charge in [-0.15, -0.1) is 0 Å². The highest BCUT2D eigenvalue weighted by Crippen LogP contribution is 2.13.